The van der Waals surface area contributed by atoms with Crippen molar-refractivity contribution < 1.29 is 14.2 Å². The number of allylic oxidation sites excluding steroid dienone is 7. The van der Waals surface area contributed by atoms with E-state index >= 15 is 4.39 Å². The van der Waals surface area contributed by atoms with Crippen molar-refractivity contribution >= 4 is 16.5 Å². The van der Waals surface area contributed by atoms with Crippen LogP contribution in [0.1, 0.15) is 91.3 Å². The largest absolute Gasteiger partial charge is 0.463 e. The second-order valence-corrected chi connectivity index (χ2v) is 10.3. The van der Waals surface area contributed by atoms with Crippen molar-refractivity contribution in [1.29, 1.82) is 0 Å². The lowest BCUT2D eigenvalue weighted by Gasteiger charge is -2.23. The molecule has 0 aliphatic heterocycles. The molecule has 0 radical (unpaired) electrons. The third kappa shape index (κ3) is 5.17. The Morgan fingerprint density at radius 3 is 2.31 bits per heavy atom. The average molecular weight is 493 g/mol. The van der Waals surface area contributed by atoms with E-state index in [4.69, 9.17) is 4.74 Å². The summed E-state index contributed by atoms with van der Waals surface area (Å²) in [6.45, 7) is 21.1. The number of aromatic nitrogens is 2. The number of ether oxygens (including phenoxy) is 1. The lowest BCUT2D eigenvalue weighted by Crippen LogP contribution is -2.14. The molecule has 1 saturated carbocycles. The van der Waals surface area contributed by atoms with Crippen LogP contribution in [0, 0.1) is 11.2 Å². The molecule has 2 aromatic rings. The van der Waals surface area contributed by atoms with Crippen LogP contribution in [-0.4, -0.2) is 21.7 Å². The average Bonchev–Trinajstić information content (AvgIpc) is 3.66. The highest BCUT2D eigenvalue weighted by Crippen LogP contribution is 2.48. The lowest BCUT2D eigenvalue weighted by atomic mass is 9.82. The Labute approximate surface area is 215 Å². The van der Waals surface area contributed by atoms with Gasteiger partial charge in [0.25, 0.3) is 0 Å². The predicted molar refractivity (Wildman–Crippen MR) is 147 cm³/mol. The predicted octanol–water partition coefficient (Wildman–Crippen LogP) is 8.04. The summed E-state index contributed by atoms with van der Waals surface area (Å²) >= 11 is 0. The second kappa shape index (κ2) is 11.1. The number of aliphatic hydroxyl groups is 1. The zero-order valence-electron chi connectivity index (χ0n) is 23.2. The van der Waals surface area contributed by atoms with E-state index in [-0.39, 0.29) is 23.5 Å². The van der Waals surface area contributed by atoms with Gasteiger partial charge in [-0.15, -0.1) is 0 Å². The normalized spacial score (nSPS) is 15.6. The molecule has 0 unspecified atom stereocenters. The van der Waals surface area contributed by atoms with E-state index in [1.165, 1.54) is 0 Å². The van der Waals surface area contributed by atoms with Gasteiger partial charge in [0, 0.05) is 22.6 Å². The maximum Gasteiger partial charge on any atom is 0.317 e. The first-order valence-electron chi connectivity index (χ1n) is 13.0. The summed E-state index contributed by atoms with van der Waals surface area (Å²) in [6.07, 6.45) is 7.48. The summed E-state index contributed by atoms with van der Waals surface area (Å²) in [7, 11) is 0. The Hall–Kier alpha value is -2.79. The van der Waals surface area contributed by atoms with Crippen LogP contribution in [-0.2, 0) is 13.0 Å². The van der Waals surface area contributed by atoms with Crippen LogP contribution in [0.2, 0.25) is 0 Å². The molecule has 1 aliphatic rings. The first kappa shape index (κ1) is 27.8. The molecule has 0 spiro atoms. The van der Waals surface area contributed by atoms with Crippen molar-refractivity contribution in [2.24, 2.45) is 5.41 Å². The van der Waals surface area contributed by atoms with Crippen molar-refractivity contribution in [2.75, 3.05) is 6.61 Å². The van der Waals surface area contributed by atoms with E-state index in [1.54, 1.807) is 6.20 Å². The lowest BCUT2D eigenvalue weighted by molar-refractivity contribution is 0.214. The van der Waals surface area contributed by atoms with E-state index in [0.29, 0.717) is 35.1 Å². The zero-order valence-corrected chi connectivity index (χ0v) is 23.2. The van der Waals surface area contributed by atoms with Crippen molar-refractivity contribution in [3.05, 3.63) is 69.2 Å². The molecule has 4 nitrogen and oxygen atoms in total. The molecular weight excluding hydrogens is 451 g/mol. The van der Waals surface area contributed by atoms with Crippen LogP contribution >= 0.6 is 0 Å². The fourth-order valence-corrected chi connectivity index (χ4v) is 4.79. The van der Waals surface area contributed by atoms with Crippen molar-refractivity contribution in [1.82, 2.24) is 9.97 Å². The molecule has 1 aromatic heterocycles. The first-order valence-corrected chi connectivity index (χ1v) is 13.0. The molecule has 0 atom stereocenters. The summed E-state index contributed by atoms with van der Waals surface area (Å²) in [4.78, 5) is 8.87. The number of benzene rings is 1. The fraction of sp³-hybridized carbons (Fsp3) is 0.484. The number of rotatable bonds is 10. The summed E-state index contributed by atoms with van der Waals surface area (Å²) in [5.41, 5.74) is 8.02. The quantitative estimate of drug-likeness (QED) is 0.341. The SMILES string of the molecule is C=C(/C(C(C)=C(C)C)=C(C)\C(C)=C/C)c1c(CC)c(CO)c2cnc(OCC3(CC)CC3)nc2c1F. The number of halogens is 1. The molecule has 5 heteroatoms. The van der Waals surface area contributed by atoms with Crippen LogP contribution in [0.3, 0.4) is 0 Å². The zero-order chi connectivity index (χ0) is 26.8. The fourth-order valence-electron chi connectivity index (χ4n) is 4.79. The van der Waals surface area contributed by atoms with Gasteiger partial charge in [0.05, 0.1) is 13.2 Å². The molecule has 1 fully saturated rings. The minimum absolute atomic E-state index is 0.161. The van der Waals surface area contributed by atoms with Crippen LogP contribution in [0.15, 0.2) is 46.7 Å². The van der Waals surface area contributed by atoms with Gasteiger partial charge < -0.3 is 9.84 Å². The molecule has 1 N–H and O–H groups in total. The maximum absolute atomic E-state index is 16.4. The molecule has 194 valence electrons. The monoisotopic (exact) mass is 492 g/mol. The van der Waals surface area contributed by atoms with Crippen LogP contribution in [0.5, 0.6) is 6.01 Å². The van der Waals surface area contributed by atoms with Crippen molar-refractivity contribution in [2.45, 2.75) is 87.7 Å². The Bertz CT molecular complexity index is 1280. The molecule has 1 aliphatic carbocycles. The topological polar surface area (TPSA) is 55.2 Å². The van der Waals surface area contributed by atoms with Crippen LogP contribution in [0.25, 0.3) is 16.5 Å². The summed E-state index contributed by atoms with van der Waals surface area (Å²) in [5, 5.41) is 10.9. The molecule has 1 aromatic carbocycles. The maximum atomic E-state index is 16.4. The van der Waals surface area contributed by atoms with Gasteiger partial charge in [0.2, 0.25) is 0 Å². The molecule has 1 heterocycles. The molecular formula is C31H41FN2O2. The molecule has 0 amide bonds. The van der Waals surface area contributed by atoms with Crippen molar-refractivity contribution in [3.63, 3.8) is 0 Å². The van der Waals surface area contributed by atoms with Gasteiger partial charge in [-0.1, -0.05) is 37.6 Å². The Morgan fingerprint density at radius 2 is 1.81 bits per heavy atom. The van der Waals surface area contributed by atoms with Gasteiger partial charge in [0.15, 0.2) is 5.82 Å². The van der Waals surface area contributed by atoms with E-state index in [1.807, 2.05) is 13.8 Å². The highest BCUT2D eigenvalue weighted by molar-refractivity contribution is 5.93. The first-order chi connectivity index (χ1) is 17.1. The van der Waals surface area contributed by atoms with E-state index < -0.39 is 5.82 Å². The minimum atomic E-state index is -0.446. The second-order valence-electron chi connectivity index (χ2n) is 10.3. The van der Waals surface area contributed by atoms with E-state index in [9.17, 15) is 5.11 Å². The van der Waals surface area contributed by atoms with Crippen LogP contribution < -0.4 is 4.74 Å². The summed E-state index contributed by atoms with van der Waals surface area (Å²) < 4.78 is 22.4. The molecule has 0 bridgehead atoms. The van der Waals surface area contributed by atoms with Gasteiger partial charge in [-0.25, -0.2) is 9.37 Å². The molecule has 36 heavy (non-hydrogen) atoms. The van der Waals surface area contributed by atoms with Gasteiger partial charge >= 0.3 is 6.01 Å². The van der Waals surface area contributed by atoms with Gasteiger partial charge in [-0.3, -0.25) is 0 Å². The third-order valence-electron chi connectivity index (χ3n) is 8.04. The van der Waals surface area contributed by atoms with Crippen molar-refractivity contribution in [3.8, 4) is 6.01 Å². The smallest absolute Gasteiger partial charge is 0.317 e. The highest BCUT2D eigenvalue weighted by Gasteiger charge is 2.41. The minimum Gasteiger partial charge on any atom is -0.463 e. The highest BCUT2D eigenvalue weighted by atomic mass is 19.1. The number of nitrogens with zero attached hydrogens (tertiary/aromatic N) is 2. The van der Waals surface area contributed by atoms with Gasteiger partial charge in [-0.2, -0.15) is 4.98 Å². The van der Waals surface area contributed by atoms with Gasteiger partial charge in [-0.05, 0) is 101 Å². The standard InChI is InChI=1S/C31H41FN2O2/c1-10-19(6)21(8)26(20(7)18(4)5)22(9)27-23(11-2)25(16-35)24-15-33-30(34-29(24)28(27)32)36-17-31(12-3)13-14-31/h10,15,35H,9,11-14,16-17H2,1-8H3/b19-10-,26-21-. The third-order valence-corrected chi connectivity index (χ3v) is 8.04. The van der Waals surface area contributed by atoms with E-state index in [0.717, 1.165) is 52.7 Å². The number of hydrogen-bond donors (Lipinski definition) is 1. The summed E-state index contributed by atoms with van der Waals surface area (Å²) in [6, 6.07) is 0.169. The summed E-state index contributed by atoms with van der Waals surface area (Å²) in [5.74, 6) is -0.446. The van der Waals surface area contributed by atoms with Crippen LogP contribution in [0.4, 0.5) is 4.39 Å². The number of aliphatic hydroxyl groups excluding tert-OH is 1. The number of fused-ring (bicyclic) bond motifs is 1. The van der Waals surface area contributed by atoms with E-state index in [2.05, 4.69) is 64.2 Å². The Morgan fingerprint density at radius 1 is 1.14 bits per heavy atom. The molecule has 3 rings (SSSR count). The Balaban J connectivity index is 2.27. The number of hydrogen-bond acceptors (Lipinski definition) is 4. The Kier molecular flexibility index (Phi) is 8.55. The molecule has 0 saturated heterocycles. The van der Waals surface area contributed by atoms with Gasteiger partial charge in [0.1, 0.15) is 5.52 Å².